The SMILES string of the molecule is Cc1ccc(-c2sc(-c3ccc(C)s3)c(CCO[Si](C)(C)C)c2C)s1. The first-order valence-electron chi connectivity index (χ1n) is 8.64. The van der Waals surface area contributed by atoms with E-state index in [1.165, 1.54) is 40.4 Å². The molecule has 3 heterocycles. The van der Waals surface area contributed by atoms with E-state index in [9.17, 15) is 0 Å². The first-order valence-corrected chi connectivity index (χ1v) is 14.5. The van der Waals surface area contributed by atoms with Crippen LogP contribution in [0.15, 0.2) is 24.3 Å². The van der Waals surface area contributed by atoms with Gasteiger partial charge in [-0.2, -0.15) is 0 Å². The van der Waals surface area contributed by atoms with Gasteiger partial charge in [0.15, 0.2) is 8.32 Å². The van der Waals surface area contributed by atoms with E-state index < -0.39 is 8.32 Å². The third kappa shape index (κ3) is 4.52. The summed E-state index contributed by atoms with van der Waals surface area (Å²) >= 11 is 5.75. The van der Waals surface area contributed by atoms with Gasteiger partial charge >= 0.3 is 0 Å². The van der Waals surface area contributed by atoms with Crippen LogP contribution in [0.2, 0.25) is 19.6 Å². The Morgan fingerprint density at radius 1 is 0.800 bits per heavy atom. The second-order valence-electron chi connectivity index (χ2n) is 7.40. The fourth-order valence-corrected chi connectivity index (χ4v) is 6.97. The summed E-state index contributed by atoms with van der Waals surface area (Å²) in [6, 6.07) is 9.00. The lowest BCUT2D eigenvalue weighted by Crippen LogP contribution is -2.26. The van der Waals surface area contributed by atoms with Crippen molar-refractivity contribution in [2.75, 3.05) is 6.61 Å². The minimum absolute atomic E-state index is 0.827. The van der Waals surface area contributed by atoms with E-state index in [-0.39, 0.29) is 0 Å². The molecule has 0 aliphatic rings. The fourth-order valence-electron chi connectivity index (χ4n) is 2.86. The predicted molar refractivity (Wildman–Crippen MR) is 118 cm³/mol. The van der Waals surface area contributed by atoms with Crippen molar-refractivity contribution in [2.24, 2.45) is 0 Å². The topological polar surface area (TPSA) is 9.23 Å². The molecule has 0 unspecified atom stereocenters. The molecule has 25 heavy (non-hydrogen) atoms. The lowest BCUT2D eigenvalue weighted by molar-refractivity contribution is 0.316. The van der Waals surface area contributed by atoms with Crippen molar-refractivity contribution >= 4 is 42.3 Å². The maximum absolute atomic E-state index is 6.15. The zero-order valence-electron chi connectivity index (χ0n) is 15.9. The molecule has 0 saturated carbocycles. The van der Waals surface area contributed by atoms with Crippen LogP contribution >= 0.6 is 34.0 Å². The zero-order chi connectivity index (χ0) is 18.2. The van der Waals surface area contributed by atoms with E-state index in [2.05, 4.69) is 64.7 Å². The van der Waals surface area contributed by atoms with Gasteiger partial charge in [-0.1, -0.05) is 0 Å². The number of hydrogen-bond acceptors (Lipinski definition) is 4. The van der Waals surface area contributed by atoms with Gasteiger partial charge in [0.25, 0.3) is 0 Å². The normalized spacial score (nSPS) is 12.1. The summed E-state index contributed by atoms with van der Waals surface area (Å²) in [5.74, 6) is 0. The average Bonchev–Trinajstić information content (AvgIpc) is 3.19. The van der Waals surface area contributed by atoms with Crippen molar-refractivity contribution in [1.29, 1.82) is 0 Å². The van der Waals surface area contributed by atoms with Gasteiger partial charge in [-0.3, -0.25) is 0 Å². The van der Waals surface area contributed by atoms with E-state index >= 15 is 0 Å². The molecule has 0 radical (unpaired) electrons. The Kier molecular flexibility index (Phi) is 5.71. The summed E-state index contributed by atoms with van der Waals surface area (Å²) < 4.78 is 6.15. The smallest absolute Gasteiger partial charge is 0.183 e. The van der Waals surface area contributed by atoms with Gasteiger partial charge in [0, 0.05) is 35.9 Å². The highest BCUT2D eigenvalue weighted by atomic mass is 32.1. The maximum Gasteiger partial charge on any atom is 0.183 e. The largest absolute Gasteiger partial charge is 0.417 e. The highest BCUT2D eigenvalue weighted by Crippen LogP contribution is 2.45. The highest BCUT2D eigenvalue weighted by Gasteiger charge is 2.20. The van der Waals surface area contributed by atoms with Crippen LogP contribution in [0.1, 0.15) is 20.9 Å². The fraction of sp³-hybridized carbons (Fsp3) is 0.400. The van der Waals surface area contributed by atoms with Crippen LogP contribution < -0.4 is 0 Å². The van der Waals surface area contributed by atoms with Crippen LogP contribution in [0.3, 0.4) is 0 Å². The number of thiophene rings is 3. The van der Waals surface area contributed by atoms with Gasteiger partial charge in [0.2, 0.25) is 0 Å². The summed E-state index contributed by atoms with van der Waals surface area (Å²) in [6.45, 7) is 14.3. The maximum atomic E-state index is 6.15. The molecule has 0 atom stereocenters. The van der Waals surface area contributed by atoms with Gasteiger partial charge in [-0.05, 0) is 82.2 Å². The van der Waals surface area contributed by atoms with Crippen molar-refractivity contribution in [2.45, 2.75) is 46.8 Å². The van der Waals surface area contributed by atoms with Crippen molar-refractivity contribution in [3.63, 3.8) is 0 Å². The van der Waals surface area contributed by atoms with E-state index in [0.717, 1.165) is 13.0 Å². The second-order valence-corrected chi connectivity index (χ2v) is 15.5. The third-order valence-electron chi connectivity index (χ3n) is 4.09. The summed E-state index contributed by atoms with van der Waals surface area (Å²) in [5, 5.41) is 0. The molecule has 5 heteroatoms. The Morgan fingerprint density at radius 3 is 1.84 bits per heavy atom. The van der Waals surface area contributed by atoms with Crippen molar-refractivity contribution in [3.05, 3.63) is 45.1 Å². The monoisotopic (exact) mass is 406 g/mol. The Morgan fingerprint density at radius 2 is 1.36 bits per heavy atom. The van der Waals surface area contributed by atoms with E-state index in [1.54, 1.807) is 0 Å². The molecule has 0 fully saturated rings. The van der Waals surface area contributed by atoms with Crippen LogP contribution in [-0.4, -0.2) is 14.9 Å². The van der Waals surface area contributed by atoms with Gasteiger partial charge in [0.05, 0.1) is 0 Å². The average molecular weight is 407 g/mol. The minimum Gasteiger partial charge on any atom is -0.417 e. The minimum atomic E-state index is -1.47. The first-order chi connectivity index (χ1) is 11.7. The van der Waals surface area contributed by atoms with Gasteiger partial charge in [-0.25, -0.2) is 0 Å². The van der Waals surface area contributed by atoms with Crippen LogP contribution in [0, 0.1) is 20.8 Å². The molecule has 0 aromatic carbocycles. The Bertz CT molecular complexity index is 864. The molecule has 0 aliphatic heterocycles. The number of rotatable bonds is 6. The quantitative estimate of drug-likeness (QED) is 0.384. The molecule has 0 bridgehead atoms. The van der Waals surface area contributed by atoms with Crippen molar-refractivity contribution < 1.29 is 4.43 Å². The molecule has 3 aromatic heterocycles. The van der Waals surface area contributed by atoms with Crippen LogP contribution in [0.25, 0.3) is 19.5 Å². The Hall–Kier alpha value is -0.723. The molecule has 0 saturated heterocycles. The van der Waals surface area contributed by atoms with Crippen LogP contribution in [-0.2, 0) is 10.8 Å². The Labute approximate surface area is 164 Å². The third-order valence-corrected chi connectivity index (χ3v) is 8.85. The summed E-state index contributed by atoms with van der Waals surface area (Å²) in [4.78, 5) is 8.41. The zero-order valence-corrected chi connectivity index (χ0v) is 19.3. The summed E-state index contributed by atoms with van der Waals surface area (Å²) in [6.07, 6.45) is 1.00. The molecule has 3 rings (SSSR count). The van der Waals surface area contributed by atoms with Crippen molar-refractivity contribution in [3.8, 4) is 19.5 Å². The first kappa shape index (κ1) is 19.0. The predicted octanol–water partition coefficient (Wildman–Crippen LogP) is 7.52. The molecule has 0 amide bonds. The van der Waals surface area contributed by atoms with Crippen LogP contribution in [0.4, 0.5) is 0 Å². The molecule has 0 spiro atoms. The van der Waals surface area contributed by atoms with E-state index in [4.69, 9.17) is 4.43 Å². The lowest BCUT2D eigenvalue weighted by Gasteiger charge is -2.17. The molecule has 0 N–H and O–H groups in total. The summed E-state index contributed by atoms with van der Waals surface area (Å²) in [7, 11) is -1.47. The molecule has 134 valence electrons. The molecule has 0 aliphatic carbocycles. The number of hydrogen-bond donors (Lipinski definition) is 0. The van der Waals surface area contributed by atoms with Gasteiger partial charge in [-0.15, -0.1) is 34.0 Å². The Balaban J connectivity index is 1.99. The standard InChI is InChI=1S/C20H26OS3Si/c1-13-7-9-17(22-13)19-15(3)16(11-12-21-25(4,5)6)20(24-19)18-10-8-14(2)23-18/h7-10H,11-12H2,1-6H3. The van der Waals surface area contributed by atoms with E-state index in [0.29, 0.717) is 0 Å². The summed E-state index contributed by atoms with van der Waals surface area (Å²) in [5.41, 5.74) is 2.92. The number of aryl methyl sites for hydroxylation is 2. The molecular formula is C20H26OS3Si. The van der Waals surface area contributed by atoms with Gasteiger partial charge < -0.3 is 4.43 Å². The molecular weight excluding hydrogens is 381 g/mol. The lowest BCUT2D eigenvalue weighted by atomic mass is 10.1. The van der Waals surface area contributed by atoms with Gasteiger partial charge in [0.1, 0.15) is 0 Å². The van der Waals surface area contributed by atoms with Crippen molar-refractivity contribution in [1.82, 2.24) is 0 Å². The van der Waals surface area contributed by atoms with E-state index in [1.807, 2.05) is 34.0 Å². The highest BCUT2D eigenvalue weighted by molar-refractivity contribution is 7.26. The van der Waals surface area contributed by atoms with Crippen LogP contribution in [0.5, 0.6) is 0 Å². The second kappa shape index (κ2) is 7.49. The molecule has 3 aromatic rings. The molecule has 1 nitrogen and oxygen atoms in total.